The summed E-state index contributed by atoms with van der Waals surface area (Å²) in [4.78, 5) is 13.5. The molecule has 0 saturated carbocycles. The van der Waals surface area contributed by atoms with Gasteiger partial charge in [-0.25, -0.2) is 0 Å². The van der Waals surface area contributed by atoms with Gasteiger partial charge in [0.1, 0.15) is 5.75 Å². The molecule has 3 heteroatoms. The van der Waals surface area contributed by atoms with E-state index >= 15 is 0 Å². The van der Waals surface area contributed by atoms with Crippen molar-refractivity contribution in [3.63, 3.8) is 0 Å². The van der Waals surface area contributed by atoms with Crippen LogP contribution in [0.4, 0.5) is 0 Å². The SMILES string of the molecule is CC.COc1cccc(C(=O)CN(C)C)c1. The van der Waals surface area contributed by atoms with Gasteiger partial charge in [-0.05, 0) is 26.2 Å². The average Bonchev–Trinajstić information content (AvgIpc) is 2.31. The van der Waals surface area contributed by atoms with Crippen molar-refractivity contribution in [3.05, 3.63) is 29.8 Å². The van der Waals surface area contributed by atoms with Crippen molar-refractivity contribution in [2.24, 2.45) is 0 Å². The third-order valence-electron chi connectivity index (χ3n) is 1.85. The number of hydrogen-bond donors (Lipinski definition) is 0. The smallest absolute Gasteiger partial charge is 0.176 e. The number of benzene rings is 1. The summed E-state index contributed by atoms with van der Waals surface area (Å²) in [6, 6.07) is 7.20. The normalized spacial score (nSPS) is 9.38. The van der Waals surface area contributed by atoms with E-state index in [1.807, 2.05) is 45.0 Å². The standard InChI is InChI=1S/C11H15NO2.C2H6/c1-12(2)8-11(13)9-5-4-6-10(7-9)14-3;1-2/h4-7H,8H2,1-3H3;1-2H3. The first kappa shape index (κ1) is 14.6. The number of nitrogens with zero attached hydrogens (tertiary/aromatic N) is 1. The van der Waals surface area contributed by atoms with Gasteiger partial charge >= 0.3 is 0 Å². The van der Waals surface area contributed by atoms with Crippen LogP contribution in [0.5, 0.6) is 5.75 Å². The molecule has 0 aliphatic heterocycles. The number of rotatable bonds is 4. The highest BCUT2D eigenvalue weighted by atomic mass is 16.5. The van der Waals surface area contributed by atoms with Crippen LogP contribution in [0.1, 0.15) is 24.2 Å². The van der Waals surface area contributed by atoms with Gasteiger partial charge in [-0.3, -0.25) is 4.79 Å². The second-order valence-electron chi connectivity index (χ2n) is 3.39. The molecule has 0 spiro atoms. The van der Waals surface area contributed by atoms with E-state index in [9.17, 15) is 4.79 Å². The van der Waals surface area contributed by atoms with Crippen molar-refractivity contribution in [2.45, 2.75) is 13.8 Å². The topological polar surface area (TPSA) is 29.5 Å². The zero-order chi connectivity index (χ0) is 12.6. The van der Waals surface area contributed by atoms with E-state index in [4.69, 9.17) is 4.74 Å². The van der Waals surface area contributed by atoms with Crippen molar-refractivity contribution in [2.75, 3.05) is 27.7 Å². The monoisotopic (exact) mass is 223 g/mol. The molecule has 0 aromatic heterocycles. The summed E-state index contributed by atoms with van der Waals surface area (Å²) in [6.07, 6.45) is 0. The fourth-order valence-electron chi connectivity index (χ4n) is 1.18. The van der Waals surface area contributed by atoms with Crippen molar-refractivity contribution in [1.29, 1.82) is 0 Å². The van der Waals surface area contributed by atoms with Gasteiger partial charge in [-0.15, -0.1) is 0 Å². The molecule has 1 aromatic carbocycles. The first-order chi connectivity index (χ1) is 7.63. The third-order valence-corrected chi connectivity index (χ3v) is 1.85. The van der Waals surface area contributed by atoms with Gasteiger partial charge in [-0.2, -0.15) is 0 Å². The van der Waals surface area contributed by atoms with Crippen molar-refractivity contribution < 1.29 is 9.53 Å². The van der Waals surface area contributed by atoms with Crippen LogP contribution >= 0.6 is 0 Å². The Morgan fingerprint density at radius 1 is 1.31 bits per heavy atom. The fourth-order valence-corrected chi connectivity index (χ4v) is 1.18. The minimum atomic E-state index is 0.105. The van der Waals surface area contributed by atoms with E-state index in [1.54, 1.807) is 19.2 Å². The van der Waals surface area contributed by atoms with E-state index < -0.39 is 0 Å². The minimum Gasteiger partial charge on any atom is -0.497 e. The summed E-state index contributed by atoms with van der Waals surface area (Å²) in [5, 5.41) is 0. The van der Waals surface area contributed by atoms with Gasteiger partial charge in [0, 0.05) is 5.56 Å². The van der Waals surface area contributed by atoms with Crippen LogP contribution in [0.3, 0.4) is 0 Å². The Morgan fingerprint density at radius 3 is 2.44 bits per heavy atom. The average molecular weight is 223 g/mol. The molecule has 0 N–H and O–H groups in total. The highest BCUT2D eigenvalue weighted by Crippen LogP contribution is 2.12. The molecule has 16 heavy (non-hydrogen) atoms. The Morgan fingerprint density at radius 2 is 1.94 bits per heavy atom. The number of likely N-dealkylation sites (N-methyl/N-ethyl adjacent to an activating group) is 1. The maximum atomic E-state index is 11.6. The molecule has 0 fully saturated rings. The highest BCUT2D eigenvalue weighted by molar-refractivity contribution is 5.97. The number of carbonyl (C=O) groups excluding carboxylic acids is 1. The molecular formula is C13H21NO2. The van der Waals surface area contributed by atoms with E-state index in [2.05, 4.69) is 0 Å². The number of ketones is 1. The lowest BCUT2D eigenvalue weighted by atomic mass is 10.1. The van der Waals surface area contributed by atoms with E-state index in [-0.39, 0.29) is 5.78 Å². The molecule has 0 amide bonds. The summed E-state index contributed by atoms with van der Waals surface area (Å²) in [5.41, 5.74) is 0.693. The summed E-state index contributed by atoms with van der Waals surface area (Å²) >= 11 is 0. The fraction of sp³-hybridized carbons (Fsp3) is 0.462. The maximum Gasteiger partial charge on any atom is 0.176 e. The lowest BCUT2D eigenvalue weighted by molar-refractivity contribution is 0.0957. The number of hydrogen-bond acceptors (Lipinski definition) is 3. The van der Waals surface area contributed by atoms with E-state index in [1.165, 1.54) is 0 Å². The number of carbonyl (C=O) groups is 1. The Kier molecular flexibility index (Phi) is 7.21. The van der Waals surface area contributed by atoms with Gasteiger partial charge in [0.15, 0.2) is 5.78 Å². The van der Waals surface area contributed by atoms with Crippen LogP contribution in [-0.4, -0.2) is 38.4 Å². The zero-order valence-corrected chi connectivity index (χ0v) is 10.8. The molecule has 0 aliphatic carbocycles. The molecule has 0 bridgehead atoms. The predicted molar refractivity (Wildman–Crippen MR) is 67.2 cm³/mol. The minimum absolute atomic E-state index is 0.105. The summed E-state index contributed by atoms with van der Waals surface area (Å²) < 4.78 is 5.04. The van der Waals surface area contributed by atoms with Crippen molar-refractivity contribution in [1.82, 2.24) is 4.90 Å². The maximum absolute atomic E-state index is 11.6. The molecule has 1 aromatic rings. The molecular weight excluding hydrogens is 202 g/mol. The molecule has 0 unspecified atom stereocenters. The van der Waals surface area contributed by atoms with Crippen LogP contribution in [0.2, 0.25) is 0 Å². The molecule has 0 atom stereocenters. The second-order valence-corrected chi connectivity index (χ2v) is 3.39. The zero-order valence-electron chi connectivity index (χ0n) is 10.8. The predicted octanol–water partition coefficient (Wildman–Crippen LogP) is 2.47. The lowest BCUT2D eigenvalue weighted by Gasteiger charge is -2.08. The van der Waals surface area contributed by atoms with Crippen LogP contribution in [0.25, 0.3) is 0 Å². The van der Waals surface area contributed by atoms with Crippen LogP contribution in [0, 0.1) is 0 Å². The van der Waals surface area contributed by atoms with Gasteiger partial charge in [0.2, 0.25) is 0 Å². The lowest BCUT2D eigenvalue weighted by Crippen LogP contribution is -2.21. The molecule has 90 valence electrons. The third kappa shape index (κ3) is 4.94. The second kappa shape index (κ2) is 7.88. The quantitative estimate of drug-likeness (QED) is 0.734. The highest BCUT2D eigenvalue weighted by Gasteiger charge is 2.07. The molecule has 0 heterocycles. The molecule has 3 nitrogen and oxygen atoms in total. The first-order valence-corrected chi connectivity index (χ1v) is 5.45. The Bertz CT molecular complexity index is 321. The van der Waals surface area contributed by atoms with Crippen LogP contribution < -0.4 is 4.74 Å². The van der Waals surface area contributed by atoms with Gasteiger partial charge in [0.25, 0.3) is 0 Å². The number of methoxy groups -OCH3 is 1. The number of ether oxygens (including phenoxy) is 1. The van der Waals surface area contributed by atoms with E-state index in [0.717, 1.165) is 5.75 Å². The Balaban J connectivity index is 0.00000106. The Hall–Kier alpha value is -1.35. The summed E-state index contributed by atoms with van der Waals surface area (Å²) in [7, 11) is 5.34. The largest absolute Gasteiger partial charge is 0.497 e. The van der Waals surface area contributed by atoms with Gasteiger partial charge in [-0.1, -0.05) is 26.0 Å². The summed E-state index contributed by atoms with van der Waals surface area (Å²) in [5.74, 6) is 0.823. The molecule has 1 rings (SSSR count). The van der Waals surface area contributed by atoms with Crippen molar-refractivity contribution >= 4 is 5.78 Å². The van der Waals surface area contributed by atoms with E-state index in [0.29, 0.717) is 12.1 Å². The number of Topliss-reactive ketones (excluding diaryl/α,β-unsaturated/α-hetero) is 1. The molecule has 0 saturated heterocycles. The van der Waals surface area contributed by atoms with Crippen molar-refractivity contribution in [3.8, 4) is 5.75 Å². The summed E-state index contributed by atoms with van der Waals surface area (Å²) in [6.45, 7) is 4.42. The first-order valence-electron chi connectivity index (χ1n) is 5.45. The van der Waals surface area contributed by atoms with Gasteiger partial charge < -0.3 is 9.64 Å². The van der Waals surface area contributed by atoms with Gasteiger partial charge in [0.05, 0.1) is 13.7 Å². The molecule has 0 radical (unpaired) electrons. The molecule has 0 aliphatic rings. The Labute approximate surface area is 98.0 Å². The van der Waals surface area contributed by atoms with Crippen LogP contribution in [-0.2, 0) is 0 Å². The van der Waals surface area contributed by atoms with Crippen LogP contribution in [0.15, 0.2) is 24.3 Å².